The van der Waals surface area contributed by atoms with Crippen LogP contribution in [0.5, 0.6) is 0 Å². The molecule has 1 aromatic heterocycles. The van der Waals surface area contributed by atoms with Crippen LogP contribution in [0.4, 0.5) is 10.2 Å². The predicted molar refractivity (Wildman–Crippen MR) is 73.0 cm³/mol. The van der Waals surface area contributed by atoms with Crippen LogP contribution < -0.4 is 10.8 Å². The number of nitrogens with zero attached hydrogens (tertiary/aromatic N) is 2. The molecule has 1 heterocycles. The lowest BCUT2D eigenvalue weighted by Gasteiger charge is -2.22. The molecule has 5 heteroatoms. The first-order chi connectivity index (χ1) is 8.28. The Hall–Kier alpha value is -1.65. The summed E-state index contributed by atoms with van der Waals surface area (Å²) in [4.78, 5) is 8.77. The van der Waals surface area contributed by atoms with Gasteiger partial charge in [-0.25, -0.2) is 14.4 Å². The molecule has 0 bridgehead atoms. The van der Waals surface area contributed by atoms with Crippen LogP contribution in [0.15, 0.2) is 12.1 Å². The fourth-order valence-corrected chi connectivity index (χ4v) is 1.68. The van der Waals surface area contributed by atoms with Crippen molar-refractivity contribution in [3.8, 4) is 0 Å². The number of hydrogen-bond acceptors (Lipinski definition) is 3. The van der Waals surface area contributed by atoms with E-state index < -0.39 is 5.82 Å². The summed E-state index contributed by atoms with van der Waals surface area (Å²) in [6, 6.07) is 2.89. The monoisotopic (exact) mass is 243 g/mol. The van der Waals surface area contributed by atoms with Crippen molar-refractivity contribution in [1.82, 2.24) is 9.97 Å². The van der Waals surface area contributed by atoms with Gasteiger partial charge in [-0.15, -0.1) is 0 Å². The molecule has 0 aliphatic rings. The van der Waals surface area contributed by atoms with Gasteiger partial charge in [0.2, 0.25) is 0 Å². The Morgan fingerprint density at radius 1 is 1.22 bits per heavy atom. The molecule has 0 atom stereocenters. The lowest BCUT2D eigenvalue weighted by atomic mass is 9.93. The summed E-state index contributed by atoms with van der Waals surface area (Å²) in [5.74, 6) is 0.162. The molecular weight excluding hydrogens is 228 g/mol. The molecule has 0 aliphatic carbocycles. The maximum atomic E-state index is 13.4. The van der Waals surface area contributed by atoms with Crippen molar-refractivity contribution in [3.05, 3.63) is 23.6 Å². The first kappa shape index (κ1) is 12.8. The highest BCUT2D eigenvalue weighted by Crippen LogP contribution is 2.19. The average Bonchev–Trinajstić information content (AvgIpc) is 2.24. The molecule has 3 nitrogen and oxygen atoms in total. The number of aromatic nitrogens is 2. The van der Waals surface area contributed by atoms with Crippen molar-refractivity contribution in [2.24, 2.45) is 0 Å². The van der Waals surface area contributed by atoms with Gasteiger partial charge in [0.05, 0.1) is 16.7 Å². The second-order valence-corrected chi connectivity index (χ2v) is 5.36. The molecule has 0 fully saturated rings. The Morgan fingerprint density at radius 2 is 1.89 bits per heavy atom. The Morgan fingerprint density at radius 3 is 2.50 bits per heavy atom. The van der Waals surface area contributed by atoms with E-state index in [4.69, 9.17) is 7.85 Å². The number of anilines is 1. The van der Waals surface area contributed by atoms with Crippen LogP contribution in [0.3, 0.4) is 0 Å². The molecule has 2 rings (SSSR count). The van der Waals surface area contributed by atoms with E-state index in [1.54, 1.807) is 6.07 Å². The second-order valence-electron chi connectivity index (χ2n) is 5.36. The van der Waals surface area contributed by atoms with E-state index in [9.17, 15) is 4.39 Å². The third kappa shape index (κ3) is 2.45. The van der Waals surface area contributed by atoms with Gasteiger partial charge in [0.15, 0.2) is 0 Å². The normalized spacial score (nSPS) is 11.8. The molecule has 0 unspecified atom stereocenters. The van der Waals surface area contributed by atoms with Crippen molar-refractivity contribution in [1.29, 1.82) is 0 Å². The molecule has 18 heavy (non-hydrogen) atoms. The van der Waals surface area contributed by atoms with Gasteiger partial charge in [-0.3, -0.25) is 0 Å². The fourth-order valence-electron chi connectivity index (χ4n) is 1.68. The van der Waals surface area contributed by atoms with E-state index in [0.717, 1.165) is 5.69 Å². The smallest absolute Gasteiger partial charge is 0.148 e. The standard InChI is InChI=1S/C13H15BFN3/c1-7-12(18-13(2,3)4)17-11-9(16-7)6-5-8(15)10(11)14/h5-6H,1-4H3,(H,17,18). The van der Waals surface area contributed by atoms with Crippen LogP contribution in [0.25, 0.3) is 11.0 Å². The number of fused-ring (bicyclic) bond motifs is 1. The summed E-state index contributed by atoms with van der Waals surface area (Å²) in [6.07, 6.45) is 0. The molecule has 0 amide bonds. The van der Waals surface area contributed by atoms with Gasteiger partial charge in [0.1, 0.15) is 19.5 Å². The number of hydrogen-bond donors (Lipinski definition) is 1. The molecule has 2 radical (unpaired) electrons. The Bertz CT molecular complexity index is 605. The van der Waals surface area contributed by atoms with Gasteiger partial charge >= 0.3 is 0 Å². The molecule has 1 N–H and O–H groups in total. The summed E-state index contributed by atoms with van der Waals surface area (Å²) >= 11 is 0. The second kappa shape index (κ2) is 4.23. The van der Waals surface area contributed by atoms with Gasteiger partial charge in [-0.1, -0.05) is 0 Å². The minimum absolute atomic E-state index is 0.0389. The predicted octanol–water partition coefficient (Wildman–Crippen LogP) is 2.08. The highest BCUT2D eigenvalue weighted by Gasteiger charge is 2.14. The van der Waals surface area contributed by atoms with E-state index in [-0.39, 0.29) is 11.0 Å². The van der Waals surface area contributed by atoms with E-state index in [2.05, 4.69) is 15.3 Å². The van der Waals surface area contributed by atoms with Crippen LogP contribution in [0, 0.1) is 12.7 Å². The molecule has 2 aromatic rings. The summed E-state index contributed by atoms with van der Waals surface area (Å²) in [7, 11) is 5.70. The molecule has 92 valence electrons. The number of aryl methyl sites for hydroxylation is 1. The van der Waals surface area contributed by atoms with Crippen LogP contribution in [-0.4, -0.2) is 23.4 Å². The highest BCUT2D eigenvalue weighted by molar-refractivity contribution is 6.38. The molecule has 0 saturated heterocycles. The number of benzene rings is 1. The first-order valence-electron chi connectivity index (χ1n) is 5.78. The zero-order chi connectivity index (χ0) is 13.5. The topological polar surface area (TPSA) is 37.8 Å². The summed E-state index contributed by atoms with van der Waals surface area (Å²) in [5.41, 5.74) is 1.66. The van der Waals surface area contributed by atoms with E-state index in [1.807, 2.05) is 27.7 Å². The van der Waals surface area contributed by atoms with Gasteiger partial charge in [0.25, 0.3) is 0 Å². The zero-order valence-corrected chi connectivity index (χ0v) is 11.0. The van der Waals surface area contributed by atoms with E-state index >= 15 is 0 Å². The molecule has 0 spiro atoms. The molecule has 0 aliphatic heterocycles. The Balaban J connectivity index is 2.63. The summed E-state index contributed by atoms with van der Waals surface area (Å²) in [5, 5.41) is 3.24. The maximum absolute atomic E-state index is 13.4. The average molecular weight is 243 g/mol. The van der Waals surface area contributed by atoms with Crippen LogP contribution in [0.2, 0.25) is 0 Å². The first-order valence-corrected chi connectivity index (χ1v) is 5.78. The molecule has 0 saturated carbocycles. The SMILES string of the molecule is [B]c1c(F)ccc2nc(C)c(NC(C)(C)C)nc12. The lowest BCUT2D eigenvalue weighted by Crippen LogP contribution is -2.28. The fraction of sp³-hybridized carbons (Fsp3) is 0.385. The summed E-state index contributed by atoms with van der Waals surface area (Å²) < 4.78 is 13.4. The van der Waals surface area contributed by atoms with Crippen LogP contribution in [-0.2, 0) is 0 Å². The zero-order valence-electron chi connectivity index (χ0n) is 11.0. The van der Waals surface area contributed by atoms with Crippen LogP contribution in [0.1, 0.15) is 26.5 Å². The lowest BCUT2D eigenvalue weighted by molar-refractivity contribution is 0.629. The van der Waals surface area contributed by atoms with Crippen molar-refractivity contribution in [3.63, 3.8) is 0 Å². The van der Waals surface area contributed by atoms with Gasteiger partial charge in [-0.05, 0) is 45.3 Å². The molecule has 1 aromatic carbocycles. The molecular formula is C13H15BFN3. The maximum Gasteiger partial charge on any atom is 0.148 e. The largest absolute Gasteiger partial charge is 0.364 e. The van der Waals surface area contributed by atoms with Gasteiger partial charge in [0, 0.05) is 5.54 Å². The van der Waals surface area contributed by atoms with Crippen molar-refractivity contribution in [2.75, 3.05) is 5.32 Å². The number of rotatable bonds is 1. The minimum atomic E-state index is -0.470. The van der Waals surface area contributed by atoms with Crippen molar-refractivity contribution in [2.45, 2.75) is 33.2 Å². The van der Waals surface area contributed by atoms with E-state index in [0.29, 0.717) is 16.9 Å². The summed E-state index contributed by atoms with van der Waals surface area (Å²) in [6.45, 7) is 7.92. The van der Waals surface area contributed by atoms with Gasteiger partial charge in [-0.2, -0.15) is 0 Å². The quantitative estimate of drug-likeness (QED) is 0.779. The Labute approximate surface area is 107 Å². The highest BCUT2D eigenvalue weighted by atomic mass is 19.1. The van der Waals surface area contributed by atoms with Crippen molar-refractivity contribution >= 4 is 30.2 Å². The third-order valence-corrected chi connectivity index (χ3v) is 2.49. The number of nitrogens with one attached hydrogen (secondary N) is 1. The minimum Gasteiger partial charge on any atom is -0.364 e. The van der Waals surface area contributed by atoms with E-state index in [1.165, 1.54) is 6.07 Å². The van der Waals surface area contributed by atoms with Crippen LogP contribution >= 0.6 is 0 Å². The van der Waals surface area contributed by atoms with Crippen molar-refractivity contribution < 1.29 is 4.39 Å². The Kier molecular flexibility index (Phi) is 3.01. The number of halogens is 1. The van der Waals surface area contributed by atoms with Gasteiger partial charge < -0.3 is 5.32 Å². The third-order valence-electron chi connectivity index (χ3n) is 2.49.